The van der Waals surface area contributed by atoms with Gasteiger partial charge in [0.05, 0.1) is 11.7 Å². The number of likely N-dealkylation sites (N-methyl/N-ethyl adjacent to an activating group) is 1. The highest BCUT2D eigenvalue weighted by Crippen LogP contribution is 2.53. The van der Waals surface area contributed by atoms with Crippen molar-refractivity contribution in [2.24, 2.45) is 5.41 Å². The molecule has 0 atom stereocenters. The van der Waals surface area contributed by atoms with Gasteiger partial charge in [0.25, 0.3) is 0 Å². The third-order valence-electron chi connectivity index (χ3n) is 11.8. The summed E-state index contributed by atoms with van der Waals surface area (Å²) in [5.41, 5.74) is 4.50. The molecule has 4 fully saturated rings. The van der Waals surface area contributed by atoms with Crippen LogP contribution in [0.3, 0.4) is 0 Å². The van der Waals surface area contributed by atoms with Gasteiger partial charge in [-0.1, -0.05) is 19.6 Å². The number of hydrogen-bond acceptors (Lipinski definition) is 9. The Morgan fingerprint density at radius 1 is 1.13 bits per heavy atom. The van der Waals surface area contributed by atoms with E-state index in [1.165, 1.54) is 6.08 Å². The number of benzene rings is 2. The monoisotopic (exact) mass is 732 g/mol. The molecule has 1 amide bonds. The third kappa shape index (κ3) is 6.68. The molecule has 3 saturated heterocycles. The number of amides is 1. The number of hydrogen-bond donors (Lipinski definition) is 2. The number of rotatable bonds is 12. The van der Waals surface area contributed by atoms with Crippen LogP contribution in [0.15, 0.2) is 37.1 Å². The van der Waals surface area contributed by atoms with Crippen molar-refractivity contribution < 1.29 is 27.8 Å². The van der Waals surface area contributed by atoms with E-state index in [0.29, 0.717) is 73.9 Å². The molecular formula is C39H47F3N8O3. The summed E-state index contributed by atoms with van der Waals surface area (Å²) in [6.07, 6.45) is 2.80. The Morgan fingerprint density at radius 3 is 2.55 bits per heavy atom. The fraction of sp³-hybridized carbons (Fsp3) is 0.538. The standard InChI is InChI=1S/C39H47F3N8O3/c1-4-31(52)50-21-38(22-50)11-14-48(15-12-38)36-28-17-27(25-8-9-25)33(32-24(3)7-10-30-29(32)18-43-46-30)35(53-23-39(40,41)42)34(28)44-37(45-36)49-19-26(20-49)47(5-2)13-6-16-51/h4,7,10,17-18,25-26,51H,1,5-6,8-9,11-16,19-23H2,2-3H3,(H,43,46). The van der Waals surface area contributed by atoms with Gasteiger partial charge in [0.2, 0.25) is 11.9 Å². The lowest BCUT2D eigenvalue weighted by atomic mass is 9.72. The van der Waals surface area contributed by atoms with Crippen LogP contribution in [0.5, 0.6) is 5.75 Å². The lowest BCUT2D eigenvalue weighted by Gasteiger charge is -2.54. The average molecular weight is 733 g/mol. The van der Waals surface area contributed by atoms with Gasteiger partial charge in [-0.2, -0.15) is 23.3 Å². The number of aliphatic hydroxyl groups excluding tert-OH is 1. The molecule has 0 bridgehead atoms. The number of ether oxygens (including phenoxy) is 1. The number of anilines is 2. The first-order valence-electron chi connectivity index (χ1n) is 18.8. The molecule has 2 aromatic carbocycles. The number of aromatic nitrogens is 4. The summed E-state index contributed by atoms with van der Waals surface area (Å²) in [6, 6.07) is 6.27. The SMILES string of the molecule is C=CC(=O)N1CC2(CCN(c3nc(N4CC(N(CC)CCCO)C4)nc4c(OCC(F)(F)F)c(-c5c(C)ccc6[nH]ncc56)c(C5CC5)cc34)CC2)C1. The quantitative estimate of drug-likeness (QED) is 0.174. The number of likely N-dealkylation sites (tertiary alicyclic amines) is 1. The zero-order valence-corrected chi connectivity index (χ0v) is 30.4. The first-order valence-corrected chi connectivity index (χ1v) is 18.8. The molecule has 5 heterocycles. The Morgan fingerprint density at radius 2 is 1.89 bits per heavy atom. The first kappa shape index (κ1) is 35.6. The number of nitrogens with zero attached hydrogens (tertiary/aromatic N) is 7. The molecule has 282 valence electrons. The topological polar surface area (TPSA) is 114 Å². The van der Waals surface area contributed by atoms with E-state index in [9.17, 15) is 23.1 Å². The average Bonchev–Trinajstić information content (AvgIpc) is 3.85. The number of alkyl halides is 3. The number of aliphatic hydroxyl groups is 1. The summed E-state index contributed by atoms with van der Waals surface area (Å²) in [6.45, 7) is 12.1. The van der Waals surface area contributed by atoms with Crippen molar-refractivity contribution in [3.05, 3.63) is 48.2 Å². The minimum Gasteiger partial charge on any atom is -0.481 e. The number of fused-ring (bicyclic) bond motifs is 2. The molecule has 2 aromatic heterocycles. The van der Waals surface area contributed by atoms with Crippen LogP contribution >= 0.6 is 0 Å². The summed E-state index contributed by atoms with van der Waals surface area (Å²) < 4.78 is 48.2. The van der Waals surface area contributed by atoms with Gasteiger partial charge in [-0.15, -0.1) is 0 Å². The highest BCUT2D eigenvalue weighted by Gasteiger charge is 2.47. The Balaban J connectivity index is 1.27. The number of H-pyrrole nitrogens is 1. The number of piperidine rings is 1. The van der Waals surface area contributed by atoms with E-state index in [0.717, 1.165) is 66.4 Å². The Bertz CT molecular complexity index is 2020. The van der Waals surface area contributed by atoms with Gasteiger partial charge >= 0.3 is 6.18 Å². The molecule has 0 unspecified atom stereocenters. The van der Waals surface area contributed by atoms with E-state index in [4.69, 9.17) is 14.7 Å². The number of carbonyl (C=O) groups excluding carboxylic acids is 1. The van der Waals surface area contributed by atoms with Crippen molar-refractivity contribution in [2.45, 2.75) is 64.1 Å². The highest BCUT2D eigenvalue weighted by molar-refractivity contribution is 6.06. The Labute approximate surface area is 306 Å². The molecule has 4 aromatic rings. The normalized spacial score (nSPS) is 19.0. The van der Waals surface area contributed by atoms with Crippen LogP contribution < -0.4 is 14.5 Å². The van der Waals surface area contributed by atoms with E-state index in [-0.39, 0.29) is 35.6 Å². The molecule has 0 radical (unpaired) electrons. The molecule has 8 rings (SSSR count). The van der Waals surface area contributed by atoms with Gasteiger partial charge in [-0.25, -0.2) is 4.98 Å². The zero-order chi connectivity index (χ0) is 37.1. The van der Waals surface area contributed by atoms with Gasteiger partial charge in [-0.3, -0.25) is 14.8 Å². The molecule has 2 N–H and O–H groups in total. The van der Waals surface area contributed by atoms with E-state index < -0.39 is 12.8 Å². The maximum Gasteiger partial charge on any atom is 0.422 e. The molecule has 11 nitrogen and oxygen atoms in total. The van der Waals surface area contributed by atoms with Crippen molar-refractivity contribution in [1.82, 2.24) is 30.0 Å². The van der Waals surface area contributed by atoms with Crippen LogP contribution in [0.2, 0.25) is 0 Å². The summed E-state index contributed by atoms with van der Waals surface area (Å²) in [5, 5.41) is 18.3. The van der Waals surface area contributed by atoms with Crippen LogP contribution in [-0.4, -0.2) is 119 Å². The van der Waals surface area contributed by atoms with Gasteiger partial charge in [0.1, 0.15) is 11.3 Å². The summed E-state index contributed by atoms with van der Waals surface area (Å²) >= 11 is 0. The number of aryl methyl sites for hydroxylation is 1. The molecule has 4 aliphatic rings. The van der Waals surface area contributed by atoms with Crippen molar-refractivity contribution in [2.75, 3.05) is 75.4 Å². The zero-order valence-electron chi connectivity index (χ0n) is 30.4. The predicted molar refractivity (Wildman–Crippen MR) is 198 cm³/mol. The second-order valence-electron chi connectivity index (χ2n) is 15.3. The lowest BCUT2D eigenvalue weighted by molar-refractivity contribution is -0.153. The lowest BCUT2D eigenvalue weighted by Crippen LogP contribution is -2.61. The van der Waals surface area contributed by atoms with Crippen LogP contribution in [0.25, 0.3) is 32.9 Å². The van der Waals surface area contributed by atoms with Gasteiger partial charge in [0.15, 0.2) is 12.4 Å². The molecule has 3 aliphatic heterocycles. The maximum absolute atomic E-state index is 14.1. The number of nitrogens with one attached hydrogen (secondary N) is 1. The van der Waals surface area contributed by atoms with E-state index in [1.54, 1.807) is 6.20 Å². The van der Waals surface area contributed by atoms with Crippen molar-refractivity contribution in [3.8, 4) is 16.9 Å². The second-order valence-corrected chi connectivity index (χ2v) is 15.3. The van der Waals surface area contributed by atoms with Crippen LogP contribution in [0, 0.1) is 12.3 Å². The Hall–Kier alpha value is -4.43. The number of halogens is 3. The maximum atomic E-state index is 14.1. The van der Waals surface area contributed by atoms with Crippen molar-refractivity contribution in [3.63, 3.8) is 0 Å². The summed E-state index contributed by atoms with van der Waals surface area (Å²) in [5.74, 6) is 1.42. The third-order valence-corrected chi connectivity index (χ3v) is 11.8. The molecule has 1 spiro atoms. The minimum absolute atomic E-state index is 0.0395. The largest absolute Gasteiger partial charge is 0.481 e. The fourth-order valence-electron chi connectivity index (χ4n) is 8.62. The van der Waals surface area contributed by atoms with Gasteiger partial charge < -0.3 is 24.5 Å². The smallest absolute Gasteiger partial charge is 0.422 e. The first-order chi connectivity index (χ1) is 25.5. The van der Waals surface area contributed by atoms with Crippen molar-refractivity contribution in [1.29, 1.82) is 0 Å². The van der Waals surface area contributed by atoms with Gasteiger partial charge in [-0.05, 0) is 86.4 Å². The highest BCUT2D eigenvalue weighted by atomic mass is 19.4. The molecule has 1 saturated carbocycles. The van der Waals surface area contributed by atoms with Crippen LogP contribution in [-0.2, 0) is 4.79 Å². The molecular weight excluding hydrogens is 685 g/mol. The molecule has 1 aliphatic carbocycles. The second kappa shape index (κ2) is 13.8. The van der Waals surface area contributed by atoms with E-state index in [1.807, 2.05) is 24.0 Å². The van der Waals surface area contributed by atoms with E-state index >= 15 is 0 Å². The summed E-state index contributed by atoms with van der Waals surface area (Å²) in [7, 11) is 0. The van der Waals surface area contributed by atoms with Crippen molar-refractivity contribution >= 4 is 39.5 Å². The fourth-order valence-corrected chi connectivity index (χ4v) is 8.62. The Kier molecular flexibility index (Phi) is 9.24. The van der Waals surface area contributed by atoms with Crippen LogP contribution in [0.1, 0.15) is 56.1 Å². The minimum atomic E-state index is -4.57. The van der Waals surface area contributed by atoms with E-state index in [2.05, 4.69) is 44.5 Å². The number of carbonyl (C=O) groups is 1. The predicted octanol–water partition coefficient (Wildman–Crippen LogP) is 5.81. The molecule has 53 heavy (non-hydrogen) atoms. The molecule has 14 heteroatoms. The summed E-state index contributed by atoms with van der Waals surface area (Å²) in [4.78, 5) is 31.1. The van der Waals surface area contributed by atoms with Gasteiger partial charge in [0, 0.05) is 80.2 Å². The van der Waals surface area contributed by atoms with Crippen LogP contribution in [0.4, 0.5) is 24.9 Å². The number of aromatic amines is 1.